The molecule has 0 atom stereocenters. The summed E-state index contributed by atoms with van der Waals surface area (Å²) in [6.07, 6.45) is 0. The standard InChI is InChI=1S/C18H19Cl2N3O3/c1-11-6-7-15(26-2)14(8-11)23-17(25)10-22-16(24)9-21-13-5-3-4-12(19)18(13)20/h3-8,21H,9-10H2,1-2H3,(H,22,24)(H,23,25). The van der Waals surface area contributed by atoms with Crippen LogP contribution in [0, 0.1) is 6.92 Å². The zero-order valence-electron chi connectivity index (χ0n) is 14.4. The van der Waals surface area contributed by atoms with Crippen LogP contribution in [-0.2, 0) is 9.59 Å². The maximum absolute atomic E-state index is 12.0. The topological polar surface area (TPSA) is 79.5 Å². The first kappa shape index (κ1) is 19.9. The molecule has 0 bridgehead atoms. The summed E-state index contributed by atoms with van der Waals surface area (Å²) in [6.45, 7) is 1.70. The zero-order valence-corrected chi connectivity index (χ0v) is 15.9. The van der Waals surface area contributed by atoms with Crippen molar-refractivity contribution in [1.82, 2.24) is 5.32 Å². The lowest BCUT2D eigenvalue weighted by atomic mass is 10.2. The number of amides is 2. The molecule has 2 amide bonds. The van der Waals surface area contributed by atoms with E-state index in [4.69, 9.17) is 27.9 Å². The molecule has 138 valence electrons. The van der Waals surface area contributed by atoms with Crippen LogP contribution in [0.2, 0.25) is 10.0 Å². The Kier molecular flexibility index (Phi) is 7.12. The van der Waals surface area contributed by atoms with Gasteiger partial charge < -0.3 is 20.7 Å². The predicted octanol–water partition coefficient (Wildman–Crippen LogP) is 3.48. The highest BCUT2D eigenvalue weighted by Crippen LogP contribution is 2.29. The Bertz CT molecular complexity index is 812. The molecular weight excluding hydrogens is 377 g/mol. The van der Waals surface area contributed by atoms with Crippen molar-refractivity contribution in [3.63, 3.8) is 0 Å². The van der Waals surface area contributed by atoms with Gasteiger partial charge in [0.25, 0.3) is 0 Å². The summed E-state index contributed by atoms with van der Waals surface area (Å²) >= 11 is 11.9. The number of rotatable bonds is 7. The van der Waals surface area contributed by atoms with Gasteiger partial charge in [-0.3, -0.25) is 9.59 Å². The molecule has 0 unspecified atom stereocenters. The zero-order chi connectivity index (χ0) is 19.1. The predicted molar refractivity (Wildman–Crippen MR) is 104 cm³/mol. The lowest BCUT2D eigenvalue weighted by molar-refractivity contribution is -0.122. The van der Waals surface area contributed by atoms with Crippen LogP contribution in [-0.4, -0.2) is 32.0 Å². The summed E-state index contributed by atoms with van der Waals surface area (Å²) in [5.41, 5.74) is 2.08. The van der Waals surface area contributed by atoms with Gasteiger partial charge in [-0.1, -0.05) is 35.3 Å². The van der Waals surface area contributed by atoms with Crippen LogP contribution in [0.25, 0.3) is 0 Å². The lowest BCUT2D eigenvalue weighted by Gasteiger charge is -2.12. The molecule has 2 rings (SSSR count). The molecule has 6 nitrogen and oxygen atoms in total. The van der Waals surface area contributed by atoms with Gasteiger partial charge in [0, 0.05) is 0 Å². The molecule has 8 heteroatoms. The van der Waals surface area contributed by atoms with Gasteiger partial charge in [0.05, 0.1) is 41.6 Å². The number of halogens is 2. The maximum Gasteiger partial charge on any atom is 0.243 e. The molecule has 0 aliphatic heterocycles. The van der Waals surface area contributed by atoms with Crippen LogP contribution in [0.15, 0.2) is 36.4 Å². The molecule has 2 aromatic rings. The molecule has 26 heavy (non-hydrogen) atoms. The first-order valence-electron chi connectivity index (χ1n) is 7.79. The van der Waals surface area contributed by atoms with E-state index in [1.54, 1.807) is 30.3 Å². The highest BCUT2D eigenvalue weighted by molar-refractivity contribution is 6.43. The second-order valence-electron chi connectivity index (χ2n) is 5.48. The highest BCUT2D eigenvalue weighted by Gasteiger charge is 2.10. The Balaban J connectivity index is 1.83. The van der Waals surface area contributed by atoms with Crippen LogP contribution in [0.5, 0.6) is 5.75 Å². The number of carbonyl (C=O) groups excluding carboxylic acids is 2. The molecule has 0 heterocycles. The third-order valence-corrected chi connectivity index (χ3v) is 4.29. The molecule has 3 N–H and O–H groups in total. The first-order chi connectivity index (χ1) is 12.4. The van der Waals surface area contributed by atoms with Gasteiger partial charge in [-0.15, -0.1) is 0 Å². The van der Waals surface area contributed by atoms with Crippen LogP contribution < -0.4 is 20.7 Å². The number of ether oxygens (including phenoxy) is 1. The van der Waals surface area contributed by atoms with Crippen molar-refractivity contribution in [2.75, 3.05) is 30.8 Å². The Morgan fingerprint density at radius 1 is 1.04 bits per heavy atom. The van der Waals surface area contributed by atoms with Gasteiger partial charge >= 0.3 is 0 Å². The number of carbonyl (C=O) groups is 2. The van der Waals surface area contributed by atoms with E-state index >= 15 is 0 Å². The quantitative estimate of drug-likeness (QED) is 0.670. The van der Waals surface area contributed by atoms with Crippen molar-refractivity contribution in [3.05, 3.63) is 52.0 Å². The van der Waals surface area contributed by atoms with E-state index in [1.165, 1.54) is 7.11 Å². The van der Waals surface area contributed by atoms with E-state index in [9.17, 15) is 9.59 Å². The minimum atomic E-state index is -0.358. The molecule has 0 aliphatic carbocycles. The van der Waals surface area contributed by atoms with E-state index < -0.39 is 0 Å². The fourth-order valence-corrected chi connectivity index (χ4v) is 2.54. The van der Waals surface area contributed by atoms with Crippen molar-refractivity contribution in [3.8, 4) is 5.75 Å². The van der Waals surface area contributed by atoms with Gasteiger partial charge in [0.1, 0.15) is 5.75 Å². The molecule has 0 saturated carbocycles. The first-order valence-corrected chi connectivity index (χ1v) is 8.55. The monoisotopic (exact) mass is 395 g/mol. The third kappa shape index (κ3) is 5.54. The van der Waals surface area contributed by atoms with E-state index in [0.29, 0.717) is 27.2 Å². The van der Waals surface area contributed by atoms with Gasteiger partial charge in [0.2, 0.25) is 11.8 Å². The normalized spacial score (nSPS) is 10.2. The van der Waals surface area contributed by atoms with Crippen molar-refractivity contribution in [2.45, 2.75) is 6.92 Å². The molecule has 0 fully saturated rings. The lowest BCUT2D eigenvalue weighted by Crippen LogP contribution is -2.36. The minimum absolute atomic E-state index is 0.0406. The van der Waals surface area contributed by atoms with Gasteiger partial charge in [-0.25, -0.2) is 0 Å². The maximum atomic E-state index is 12.0. The van der Waals surface area contributed by atoms with E-state index in [-0.39, 0.29) is 24.9 Å². The van der Waals surface area contributed by atoms with Crippen molar-refractivity contribution < 1.29 is 14.3 Å². The largest absolute Gasteiger partial charge is 0.495 e. The Labute approximate surface area is 161 Å². The summed E-state index contributed by atoms with van der Waals surface area (Å²) in [5.74, 6) is -0.164. The van der Waals surface area contributed by atoms with Gasteiger partial charge in [-0.05, 0) is 36.8 Å². The fraction of sp³-hybridized carbons (Fsp3) is 0.222. The smallest absolute Gasteiger partial charge is 0.243 e. The van der Waals surface area contributed by atoms with Crippen LogP contribution in [0.1, 0.15) is 5.56 Å². The molecule has 0 saturated heterocycles. The number of hydrogen-bond donors (Lipinski definition) is 3. The van der Waals surface area contributed by atoms with E-state index in [1.807, 2.05) is 13.0 Å². The number of nitrogens with one attached hydrogen (secondary N) is 3. The Morgan fingerprint density at radius 2 is 1.81 bits per heavy atom. The summed E-state index contributed by atoms with van der Waals surface area (Å²) in [6, 6.07) is 10.5. The Morgan fingerprint density at radius 3 is 2.54 bits per heavy atom. The third-order valence-electron chi connectivity index (χ3n) is 3.47. The SMILES string of the molecule is COc1ccc(C)cc1NC(=O)CNC(=O)CNc1cccc(Cl)c1Cl. The van der Waals surface area contributed by atoms with E-state index in [0.717, 1.165) is 5.56 Å². The van der Waals surface area contributed by atoms with Gasteiger partial charge in [0.15, 0.2) is 0 Å². The molecular formula is C18H19Cl2N3O3. The average Bonchev–Trinajstić information content (AvgIpc) is 2.61. The number of anilines is 2. The number of benzene rings is 2. The summed E-state index contributed by atoms with van der Waals surface area (Å²) in [4.78, 5) is 23.9. The number of aryl methyl sites for hydroxylation is 1. The number of methoxy groups -OCH3 is 1. The molecule has 0 spiro atoms. The van der Waals surface area contributed by atoms with Crippen LogP contribution in [0.4, 0.5) is 11.4 Å². The summed E-state index contributed by atoms with van der Waals surface area (Å²) in [5, 5.41) is 8.84. The van der Waals surface area contributed by atoms with Crippen LogP contribution in [0.3, 0.4) is 0 Å². The highest BCUT2D eigenvalue weighted by atomic mass is 35.5. The Hall–Kier alpha value is -2.44. The second-order valence-corrected chi connectivity index (χ2v) is 6.27. The minimum Gasteiger partial charge on any atom is -0.495 e. The van der Waals surface area contributed by atoms with Crippen molar-refractivity contribution in [1.29, 1.82) is 0 Å². The van der Waals surface area contributed by atoms with Crippen LogP contribution >= 0.6 is 23.2 Å². The van der Waals surface area contributed by atoms with E-state index in [2.05, 4.69) is 16.0 Å². The summed E-state index contributed by atoms with van der Waals surface area (Å²) < 4.78 is 5.20. The molecule has 2 aromatic carbocycles. The average molecular weight is 396 g/mol. The second kappa shape index (κ2) is 9.31. The molecule has 0 aromatic heterocycles. The van der Waals surface area contributed by atoms with Gasteiger partial charge in [-0.2, -0.15) is 0 Å². The van der Waals surface area contributed by atoms with Crippen molar-refractivity contribution in [2.24, 2.45) is 0 Å². The number of hydrogen-bond acceptors (Lipinski definition) is 4. The molecule has 0 radical (unpaired) electrons. The summed E-state index contributed by atoms with van der Waals surface area (Å²) in [7, 11) is 1.52. The molecule has 0 aliphatic rings. The van der Waals surface area contributed by atoms with Crippen molar-refractivity contribution >= 4 is 46.4 Å². The fourth-order valence-electron chi connectivity index (χ4n) is 2.17.